The minimum Gasteiger partial charge on any atom is -0.490 e. The van der Waals surface area contributed by atoms with Crippen LogP contribution in [0.3, 0.4) is 0 Å². The van der Waals surface area contributed by atoms with Gasteiger partial charge in [0.25, 0.3) is 0 Å². The molecule has 0 aromatic heterocycles. The molecule has 0 fully saturated rings. The molecule has 8 heteroatoms. The second kappa shape index (κ2) is 7.75. The number of ether oxygens (including phenoxy) is 1. The Morgan fingerprint density at radius 3 is 2.68 bits per heavy atom. The molecule has 0 atom stereocenters. The third kappa shape index (κ3) is 6.10. The number of carbonyl (C=O) groups is 2. The highest BCUT2D eigenvalue weighted by molar-refractivity contribution is 5.78. The van der Waals surface area contributed by atoms with E-state index in [1.165, 1.54) is 12.1 Å². The third-order valence-corrected chi connectivity index (χ3v) is 2.00. The lowest BCUT2D eigenvalue weighted by molar-refractivity contribution is 0.227. The van der Waals surface area contributed by atoms with Gasteiger partial charge in [0, 0.05) is 6.54 Å². The van der Waals surface area contributed by atoms with Crippen molar-refractivity contribution in [2.45, 2.75) is 6.42 Å². The Bertz CT molecular complexity index is 442. The maximum absolute atomic E-state index is 13.1. The van der Waals surface area contributed by atoms with Crippen LogP contribution in [-0.4, -0.2) is 25.2 Å². The van der Waals surface area contributed by atoms with Gasteiger partial charge in [0.1, 0.15) is 0 Å². The Morgan fingerprint density at radius 2 is 2.00 bits per heavy atom. The molecule has 1 aromatic carbocycles. The monoisotopic (exact) mass is 270 g/mol. The summed E-state index contributed by atoms with van der Waals surface area (Å²) in [4.78, 5) is 21.3. The molecular weight excluding hydrogens is 255 g/mol. The molecule has 0 bridgehead atoms. The largest absolute Gasteiger partial charge is 0.490 e. The maximum Gasteiger partial charge on any atom is 0.333 e. The van der Waals surface area contributed by atoms with E-state index in [2.05, 4.69) is 5.32 Å². The van der Waals surface area contributed by atoms with E-state index in [0.29, 0.717) is 13.0 Å². The van der Waals surface area contributed by atoms with E-state index in [4.69, 9.17) is 10.5 Å². The van der Waals surface area contributed by atoms with Gasteiger partial charge in [0.2, 0.25) is 0 Å². The van der Waals surface area contributed by atoms with Crippen molar-refractivity contribution in [2.75, 3.05) is 13.2 Å². The first-order valence-corrected chi connectivity index (χ1v) is 5.56. The predicted molar refractivity (Wildman–Crippen MR) is 65.8 cm³/mol. The van der Waals surface area contributed by atoms with Crippen LogP contribution >= 0.6 is 0 Å². The van der Waals surface area contributed by atoms with Gasteiger partial charge in [0.05, 0.1) is 6.61 Å². The fourth-order valence-electron chi connectivity index (χ4n) is 1.18. The van der Waals surface area contributed by atoms with Crippen LogP contribution in [0.2, 0.25) is 0 Å². The Balaban J connectivity index is 2.10. The normalized spacial score (nSPS) is 9.53. The lowest BCUT2D eigenvalue weighted by Crippen LogP contribution is -2.49. The molecule has 0 radical (unpaired) electrons. The van der Waals surface area contributed by atoms with Crippen LogP contribution in [0.25, 0.3) is 0 Å². The first-order valence-electron chi connectivity index (χ1n) is 5.56. The highest BCUT2D eigenvalue weighted by atomic mass is 19.1. The zero-order valence-corrected chi connectivity index (χ0v) is 10.1. The summed E-state index contributed by atoms with van der Waals surface area (Å²) in [6, 6.07) is 4.60. The Morgan fingerprint density at radius 1 is 1.26 bits per heavy atom. The highest BCUT2D eigenvalue weighted by Gasteiger charge is 2.02. The van der Waals surface area contributed by atoms with Crippen LogP contribution in [0.1, 0.15) is 6.42 Å². The lowest BCUT2D eigenvalue weighted by atomic mass is 10.3. The summed E-state index contributed by atoms with van der Waals surface area (Å²) in [5.41, 5.74) is 8.69. The van der Waals surface area contributed by atoms with E-state index in [1.807, 2.05) is 10.9 Å². The lowest BCUT2D eigenvalue weighted by Gasteiger charge is -2.08. The highest BCUT2D eigenvalue weighted by Crippen LogP contribution is 2.15. The summed E-state index contributed by atoms with van der Waals surface area (Å²) in [5, 5.41) is 2.44. The Labute approximate surface area is 109 Å². The van der Waals surface area contributed by atoms with Gasteiger partial charge in [-0.3, -0.25) is 0 Å². The summed E-state index contributed by atoms with van der Waals surface area (Å²) in [6.45, 7) is 0.561. The molecule has 0 unspecified atom stereocenters. The minimum atomic E-state index is -0.863. The minimum absolute atomic E-state index is 0.169. The number of halogens is 1. The molecule has 0 saturated carbocycles. The third-order valence-electron chi connectivity index (χ3n) is 2.00. The molecule has 0 heterocycles. The topological polar surface area (TPSA) is 105 Å². The van der Waals surface area contributed by atoms with Gasteiger partial charge in [-0.25, -0.2) is 24.8 Å². The van der Waals surface area contributed by atoms with Gasteiger partial charge in [-0.2, -0.15) is 0 Å². The number of hydrogen-bond donors (Lipinski definition) is 4. The van der Waals surface area contributed by atoms with E-state index in [1.54, 1.807) is 12.1 Å². The molecule has 4 amide bonds. The van der Waals surface area contributed by atoms with Crippen molar-refractivity contribution in [1.82, 2.24) is 16.2 Å². The number of hydrazine groups is 1. The number of nitrogens with two attached hydrogens (primary N) is 1. The number of nitrogens with one attached hydrogen (secondary N) is 3. The van der Waals surface area contributed by atoms with Crippen molar-refractivity contribution < 1.29 is 18.7 Å². The van der Waals surface area contributed by atoms with Crippen molar-refractivity contribution >= 4 is 12.1 Å². The van der Waals surface area contributed by atoms with Crippen LogP contribution in [0, 0.1) is 5.82 Å². The zero-order chi connectivity index (χ0) is 14.1. The fourth-order valence-corrected chi connectivity index (χ4v) is 1.18. The van der Waals surface area contributed by atoms with Crippen molar-refractivity contribution in [3.63, 3.8) is 0 Å². The van der Waals surface area contributed by atoms with E-state index in [9.17, 15) is 14.0 Å². The molecule has 0 saturated heterocycles. The van der Waals surface area contributed by atoms with E-state index >= 15 is 0 Å². The van der Waals surface area contributed by atoms with Gasteiger partial charge in [-0.05, 0) is 18.6 Å². The van der Waals surface area contributed by atoms with Gasteiger partial charge in [-0.15, -0.1) is 0 Å². The van der Waals surface area contributed by atoms with Crippen LogP contribution < -0.4 is 26.6 Å². The Kier molecular flexibility index (Phi) is 5.93. The molecule has 1 aromatic rings. The second-order valence-corrected chi connectivity index (χ2v) is 3.50. The average Bonchev–Trinajstić information content (AvgIpc) is 2.38. The first kappa shape index (κ1) is 14.6. The first-order chi connectivity index (χ1) is 9.09. The number of benzene rings is 1. The summed E-state index contributed by atoms with van der Waals surface area (Å²) in [6.07, 6.45) is 0.484. The molecule has 0 aliphatic heterocycles. The van der Waals surface area contributed by atoms with Crippen LogP contribution in [0.5, 0.6) is 5.75 Å². The SMILES string of the molecule is NC(=O)NNC(=O)NCCCOc1ccccc1F. The quantitative estimate of drug-likeness (QED) is 0.462. The second-order valence-electron chi connectivity index (χ2n) is 3.50. The molecular formula is C11H15FN4O3. The molecule has 7 nitrogen and oxygen atoms in total. The Hall–Kier alpha value is -2.51. The average molecular weight is 270 g/mol. The molecule has 0 aliphatic rings. The van der Waals surface area contributed by atoms with Crippen molar-refractivity contribution in [3.05, 3.63) is 30.1 Å². The predicted octanol–water partition coefficient (Wildman–Crippen LogP) is 0.477. The number of rotatable bonds is 5. The summed E-state index contributed by atoms with van der Waals surface area (Å²) >= 11 is 0. The molecule has 0 aliphatic carbocycles. The zero-order valence-electron chi connectivity index (χ0n) is 10.1. The summed E-state index contributed by atoms with van der Waals surface area (Å²) in [5.74, 6) is -0.263. The molecule has 5 N–H and O–H groups in total. The molecule has 104 valence electrons. The van der Waals surface area contributed by atoms with E-state index < -0.39 is 17.9 Å². The van der Waals surface area contributed by atoms with Gasteiger partial charge in [0.15, 0.2) is 11.6 Å². The number of hydrogen-bond acceptors (Lipinski definition) is 3. The fraction of sp³-hybridized carbons (Fsp3) is 0.273. The standard InChI is InChI=1S/C11H15FN4O3/c12-8-4-1-2-5-9(8)19-7-3-6-14-11(18)16-15-10(13)17/h1-2,4-5H,3,6-7H2,(H3,13,15,17)(H2,14,16,18). The molecule has 0 spiro atoms. The van der Waals surface area contributed by atoms with Gasteiger partial charge < -0.3 is 15.8 Å². The number of primary amides is 1. The van der Waals surface area contributed by atoms with Crippen molar-refractivity contribution in [2.24, 2.45) is 5.73 Å². The maximum atomic E-state index is 13.1. The smallest absolute Gasteiger partial charge is 0.333 e. The van der Waals surface area contributed by atoms with Crippen LogP contribution in [-0.2, 0) is 0 Å². The number of para-hydroxylation sites is 1. The summed E-state index contributed by atoms with van der Waals surface area (Å²) < 4.78 is 18.3. The van der Waals surface area contributed by atoms with Gasteiger partial charge in [-0.1, -0.05) is 12.1 Å². The molecule has 1 rings (SSSR count). The number of urea groups is 2. The summed E-state index contributed by atoms with van der Waals surface area (Å²) in [7, 11) is 0. The number of amides is 4. The van der Waals surface area contributed by atoms with E-state index in [-0.39, 0.29) is 12.4 Å². The van der Waals surface area contributed by atoms with Gasteiger partial charge >= 0.3 is 12.1 Å². The van der Waals surface area contributed by atoms with Crippen molar-refractivity contribution in [1.29, 1.82) is 0 Å². The number of carbonyl (C=O) groups excluding carboxylic acids is 2. The van der Waals surface area contributed by atoms with E-state index in [0.717, 1.165) is 0 Å². The van der Waals surface area contributed by atoms with Crippen molar-refractivity contribution in [3.8, 4) is 5.75 Å². The molecule has 19 heavy (non-hydrogen) atoms. The van der Waals surface area contributed by atoms with Crippen LogP contribution in [0.15, 0.2) is 24.3 Å². The van der Waals surface area contributed by atoms with Crippen LogP contribution in [0.4, 0.5) is 14.0 Å².